The first-order chi connectivity index (χ1) is 8.58. The zero-order valence-corrected chi connectivity index (χ0v) is 14.7. The van der Waals surface area contributed by atoms with Gasteiger partial charge in [-0.3, -0.25) is 4.90 Å². The minimum Gasteiger partial charge on any atom is -0.453 e. The molecule has 0 aliphatic heterocycles. The van der Waals surface area contributed by atoms with Gasteiger partial charge in [-0.05, 0) is 55.7 Å². The molecule has 0 saturated heterocycles. The maximum absolute atomic E-state index is 12.0. The van der Waals surface area contributed by atoms with Gasteiger partial charge in [-0.15, -0.1) is 0 Å². The molecule has 1 atom stereocenters. The molecule has 0 aromatic carbocycles. The Morgan fingerprint density at radius 2 is 1.79 bits per heavy atom. The van der Waals surface area contributed by atoms with Crippen molar-refractivity contribution < 1.29 is 19.1 Å². The van der Waals surface area contributed by atoms with E-state index in [-0.39, 0.29) is 10.5 Å². The first kappa shape index (κ1) is 18.5. The highest BCUT2D eigenvalue weighted by atomic mass is 127. The maximum atomic E-state index is 12.0. The Balaban J connectivity index is 4.84. The topological polar surface area (TPSA) is 55.8 Å². The second-order valence-corrected chi connectivity index (χ2v) is 6.43. The lowest BCUT2D eigenvalue weighted by molar-refractivity contribution is -0.147. The molecule has 0 aliphatic rings. The fraction of sp³-hybridized carbons (Fsp3) is 0.846. The van der Waals surface area contributed by atoms with E-state index in [1.807, 2.05) is 36.4 Å². The summed E-state index contributed by atoms with van der Waals surface area (Å²) >= 11 is 1.95. The number of alkyl halides is 1. The highest BCUT2D eigenvalue weighted by Gasteiger charge is 2.31. The average molecular weight is 385 g/mol. The van der Waals surface area contributed by atoms with Gasteiger partial charge >= 0.3 is 12.1 Å². The van der Waals surface area contributed by atoms with Gasteiger partial charge in [0, 0.05) is 7.05 Å². The van der Waals surface area contributed by atoms with E-state index < -0.39 is 23.7 Å². The molecule has 0 fully saturated rings. The Hall–Kier alpha value is -0.530. The largest absolute Gasteiger partial charge is 0.453 e. The minimum absolute atomic E-state index is 0.271. The first-order valence-electron chi connectivity index (χ1n) is 6.27. The first-order valence-corrected chi connectivity index (χ1v) is 7.79. The van der Waals surface area contributed by atoms with Crippen LogP contribution < -0.4 is 0 Å². The van der Waals surface area contributed by atoms with Gasteiger partial charge < -0.3 is 9.47 Å². The van der Waals surface area contributed by atoms with E-state index in [4.69, 9.17) is 9.47 Å². The number of rotatable bonds is 5. The van der Waals surface area contributed by atoms with Crippen molar-refractivity contribution in [1.82, 2.24) is 4.90 Å². The van der Waals surface area contributed by atoms with Crippen LogP contribution in [-0.4, -0.2) is 40.3 Å². The molecule has 0 spiro atoms. The summed E-state index contributed by atoms with van der Waals surface area (Å²) in [4.78, 5) is 25.2. The van der Waals surface area contributed by atoms with Gasteiger partial charge in [-0.25, -0.2) is 9.59 Å². The number of carbonyl (C=O) groups is 2. The second-order valence-electron chi connectivity index (χ2n) is 5.81. The Labute approximate surface area is 129 Å². The van der Waals surface area contributed by atoms with E-state index >= 15 is 0 Å². The van der Waals surface area contributed by atoms with Crippen molar-refractivity contribution in [3.05, 3.63) is 0 Å². The number of halogens is 1. The minimum atomic E-state index is -0.607. The van der Waals surface area contributed by atoms with Crippen LogP contribution in [0.4, 0.5) is 4.79 Å². The summed E-state index contributed by atoms with van der Waals surface area (Å²) in [6.45, 7) is 9.36. The van der Waals surface area contributed by atoms with E-state index in [9.17, 15) is 9.59 Å². The lowest BCUT2D eigenvalue weighted by Crippen LogP contribution is -2.46. The van der Waals surface area contributed by atoms with Crippen molar-refractivity contribution in [3.8, 4) is 0 Å². The van der Waals surface area contributed by atoms with E-state index in [1.54, 1.807) is 27.8 Å². The third-order valence-electron chi connectivity index (χ3n) is 2.31. The van der Waals surface area contributed by atoms with Crippen LogP contribution in [0.3, 0.4) is 0 Å². The number of esters is 1. The van der Waals surface area contributed by atoms with E-state index in [1.165, 1.54) is 4.90 Å². The van der Waals surface area contributed by atoms with Crippen LogP contribution in [0.15, 0.2) is 0 Å². The molecule has 0 saturated carbocycles. The fourth-order valence-corrected chi connectivity index (χ4v) is 1.78. The Kier molecular flexibility index (Phi) is 7.69. The van der Waals surface area contributed by atoms with Gasteiger partial charge in [0.15, 0.2) is 0 Å². The van der Waals surface area contributed by atoms with Gasteiger partial charge in [0.05, 0.1) is 0 Å². The van der Waals surface area contributed by atoms with Crippen LogP contribution in [-0.2, 0) is 14.3 Å². The molecule has 0 aromatic heterocycles. The zero-order valence-electron chi connectivity index (χ0n) is 12.5. The Morgan fingerprint density at radius 1 is 1.26 bits per heavy atom. The summed E-state index contributed by atoms with van der Waals surface area (Å²) in [5.74, 6) is -0.117. The van der Waals surface area contributed by atoms with Gasteiger partial charge in [-0.2, -0.15) is 0 Å². The second kappa shape index (κ2) is 7.91. The SMILES string of the molecule is CC(C)C[C@@H](C(=O)OCI)N(C)C(=O)OC(C)(C)C. The fourth-order valence-electron chi connectivity index (χ4n) is 1.47. The van der Waals surface area contributed by atoms with Crippen molar-refractivity contribution in [2.75, 3.05) is 11.7 Å². The number of nitrogens with zero attached hydrogens (tertiary/aromatic N) is 1. The summed E-state index contributed by atoms with van der Waals surface area (Å²) in [7, 11) is 1.57. The van der Waals surface area contributed by atoms with Crippen LogP contribution in [0.1, 0.15) is 41.0 Å². The third-order valence-corrected chi connectivity index (χ3v) is 2.62. The smallest absolute Gasteiger partial charge is 0.410 e. The van der Waals surface area contributed by atoms with Gasteiger partial charge in [-0.1, -0.05) is 13.8 Å². The van der Waals surface area contributed by atoms with Crippen molar-refractivity contribution in [1.29, 1.82) is 0 Å². The highest BCUT2D eigenvalue weighted by molar-refractivity contribution is 14.1. The standard InChI is InChI=1S/C13H24INO4/c1-9(2)7-10(11(16)18-8-14)15(6)12(17)19-13(3,4)5/h9-10H,7-8H2,1-6H3/t10-/m0/s1. The van der Waals surface area contributed by atoms with E-state index in [2.05, 4.69) is 0 Å². The molecule has 0 unspecified atom stereocenters. The maximum Gasteiger partial charge on any atom is 0.410 e. The van der Waals surface area contributed by atoms with Crippen molar-refractivity contribution in [3.63, 3.8) is 0 Å². The zero-order chi connectivity index (χ0) is 15.2. The number of likely N-dealkylation sites (N-methyl/N-ethyl adjacent to an activating group) is 1. The predicted molar refractivity (Wildman–Crippen MR) is 82.2 cm³/mol. The van der Waals surface area contributed by atoms with Gasteiger partial charge in [0.25, 0.3) is 0 Å². The molecule has 0 radical (unpaired) electrons. The molecular formula is C13H24INO4. The molecule has 0 aromatic rings. The van der Waals surface area contributed by atoms with Crippen molar-refractivity contribution in [2.45, 2.75) is 52.7 Å². The van der Waals surface area contributed by atoms with Gasteiger partial charge in [0.1, 0.15) is 16.3 Å². The normalized spacial score (nSPS) is 13.1. The molecule has 0 rings (SSSR count). The number of hydrogen-bond acceptors (Lipinski definition) is 4. The molecule has 0 bridgehead atoms. The summed E-state index contributed by atoms with van der Waals surface area (Å²) in [6.07, 6.45) is 0.0362. The molecule has 6 heteroatoms. The third kappa shape index (κ3) is 7.59. The summed E-state index contributed by atoms with van der Waals surface area (Å²) in [6, 6.07) is -0.607. The highest BCUT2D eigenvalue weighted by Crippen LogP contribution is 2.16. The lowest BCUT2D eigenvalue weighted by atomic mass is 10.0. The van der Waals surface area contributed by atoms with Crippen molar-refractivity contribution in [2.24, 2.45) is 5.92 Å². The molecule has 5 nitrogen and oxygen atoms in total. The van der Waals surface area contributed by atoms with E-state index in [0.717, 1.165) is 0 Å². The molecule has 1 amide bonds. The molecule has 0 heterocycles. The van der Waals surface area contributed by atoms with Crippen LogP contribution >= 0.6 is 22.6 Å². The van der Waals surface area contributed by atoms with Crippen LogP contribution in [0.2, 0.25) is 0 Å². The quantitative estimate of drug-likeness (QED) is 0.414. The van der Waals surface area contributed by atoms with Crippen LogP contribution in [0, 0.1) is 5.92 Å². The summed E-state index contributed by atoms with van der Waals surface area (Å²) < 4.78 is 10.5. The van der Waals surface area contributed by atoms with E-state index in [0.29, 0.717) is 6.42 Å². The number of hydrogen-bond donors (Lipinski definition) is 0. The average Bonchev–Trinajstić information content (AvgIpc) is 2.22. The Bertz CT molecular complexity index is 312. The lowest BCUT2D eigenvalue weighted by Gasteiger charge is -2.30. The number of amides is 1. The van der Waals surface area contributed by atoms with Crippen LogP contribution in [0.25, 0.3) is 0 Å². The van der Waals surface area contributed by atoms with Gasteiger partial charge in [0.2, 0.25) is 0 Å². The summed E-state index contributed by atoms with van der Waals surface area (Å²) in [5, 5.41) is 0. The summed E-state index contributed by atoms with van der Waals surface area (Å²) in [5.41, 5.74) is -0.582. The molecule has 0 N–H and O–H groups in total. The predicted octanol–water partition coefficient (Wildman–Crippen LogP) is 3.20. The van der Waals surface area contributed by atoms with Crippen LogP contribution in [0.5, 0.6) is 0 Å². The number of ether oxygens (including phenoxy) is 2. The number of carbonyl (C=O) groups excluding carboxylic acids is 2. The molecule has 0 aliphatic carbocycles. The molecular weight excluding hydrogens is 361 g/mol. The Morgan fingerprint density at radius 3 is 2.16 bits per heavy atom. The monoisotopic (exact) mass is 385 g/mol. The molecule has 112 valence electrons. The molecule has 19 heavy (non-hydrogen) atoms. The van der Waals surface area contributed by atoms with Crippen molar-refractivity contribution >= 4 is 34.7 Å².